The van der Waals surface area contributed by atoms with Crippen molar-refractivity contribution in [1.82, 2.24) is 9.80 Å². The maximum absolute atomic E-state index is 13.4. The number of carbonyl (C=O) groups excluding carboxylic acids is 3. The van der Waals surface area contributed by atoms with Crippen LogP contribution >= 0.6 is 11.3 Å². The summed E-state index contributed by atoms with van der Waals surface area (Å²) < 4.78 is 10.7. The number of amides is 2. The van der Waals surface area contributed by atoms with Crippen LogP contribution in [0, 0.1) is 5.92 Å². The van der Waals surface area contributed by atoms with E-state index in [1.165, 1.54) is 18.4 Å². The second-order valence-corrected chi connectivity index (χ2v) is 9.22. The number of likely N-dealkylation sites (tertiary alicyclic amines) is 1. The highest BCUT2D eigenvalue weighted by molar-refractivity contribution is 7.17. The van der Waals surface area contributed by atoms with E-state index in [0.29, 0.717) is 17.2 Å². The molecule has 0 bridgehead atoms. The predicted molar refractivity (Wildman–Crippen MR) is 128 cm³/mol. The molecule has 1 fully saturated rings. The SMILES string of the molecule is CCN(CC(C)C(=O)OC)C(=O)c1sc(-c2ccccc2)cc1OCC(=O)N1CCCCC1. The number of carbonyl (C=O) groups is 3. The van der Waals surface area contributed by atoms with Crippen molar-refractivity contribution in [3.05, 3.63) is 41.3 Å². The highest BCUT2D eigenvalue weighted by Gasteiger charge is 2.27. The Kier molecular flexibility index (Phi) is 8.88. The van der Waals surface area contributed by atoms with Crippen LogP contribution in [-0.2, 0) is 14.3 Å². The van der Waals surface area contributed by atoms with Crippen molar-refractivity contribution < 1.29 is 23.9 Å². The van der Waals surface area contributed by atoms with Crippen LogP contribution in [0.3, 0.4) is 0 Å². The van der Waals surface area contributed by atoms with Crippen LogP contribution in [0.2, 0.25) is 0 Å². The van der Waals surface area contributed by atoms with E-state index in [0.717, 1.165) is 42.8 Å². The summed E-state index contributed by atoms with van der Waals surface area (Å²) in [5.74, 6) is -0.690. The molecule has 0 N–H and O–H groups in total. The Bertz CT molecular complexity index is 953. The van der Waals surface area contributed by atoms with Crippen LogP contribution in [0.1, 0.15) is 42.8 Å². The summed E-state index contributed by atoms with van der Waals surface area (Å²) in [5, 5.41) is 0. The first-order valence-electron chi connectivity index (χ1n) is 11.4. The van der Waals surface area contributed by atoms with Crippen LogP contribution in [0.25, 0.3) is 10.4 Å². The molecule has 7 nitrogen and oxygen atoms in total. The minimum Gasteiger partial charge on any atom is -0.482 e. The van der Waals surface area contributed by atoms with Crippen molar-refractivity contribution in [2.24, 2.45) is 5.92 Å². The molecule has 3 rings (SSSR count). The van der Waals surface area contributed by atoms with E-state index in [1.54, 1.807) is 11.8 Å². The van der Waals surface area contributed by atoms with Gasteiger partial charge >= 0.3 is 5.97 Å². The quantitative estimate of drug-likeness (QED) is 0.514. The van der Waals surface area contributed by atoms with Gasteiger partial charge in [-0.25, -0.2) is 0 Å². The number of methoxy groups -OCH3 is 1. The Morgan fingerprint density at radius 1 is 1.12 bits per heavy atom. The number of hydrogen-bond acceptors (Lipinski definition) is 6. The van der Waals surface area contributed by atoms with E-state index in [9.17, 15) is 14.4 Å². The predicted octanol–water partition coefficient (Wildman–Crippen LogP) is 4.08. The second-order valence-electron chi connectivity index (χ2n) is 8.17. The lowest BCUT2D eigenvalue weighted by Gasteiger charge is -2.26. The first-order valence-corrected chi connectivity index (χ1v) is 12.2. The molecule has 2 aromatic rings. The van der Waals surface area contributed by atoms with Gasteiger partial charge in [0.05, 0.1) is 13.0 Å². The van der Waals surface area contributed by atoms with Crippen LogP contribution in [0.15, 0.2) is 36.4 Å². The number of ether oxygens (including phenoxy) is 2. The standard InChI is InChI=1S/C25H32N2O5S/c1-4-26(16-18(2)25(30)31-3)24(29)23-20(15-21(33-23)19-11-7-5-8-12-19)32-17-22(28)27-13-9-6-10-14-27/h5,7-8,11-12,15,18H,4,6,9-10,13-14,16-17H2,1-3H3. The van der Waals surface area contributed by atoms with E-state index in [4.69, 9.17) is 9.47 Å². The van der Waals surface area contributed by atoms with Crippen LogP contribution < -0.4 is 4.74 Å². The number of esters is 1. The Hall–Kier alpha value is -2.87. The minimum atomic E-state index is -0.447. The molecule has 1 aromatic heterocycles. The zero-order valence-corrected chi connectivity index (χ0v) is 20.4. The van der Waals surface area contributed by atoms with Crippen LogP contribution in [0.4, 0.5) is 0 Å². The third-order valence-corrected chi connectivity index (χ3v) is 6.93. The van der Waals surface area contributed by atoms with Gasteiger partial charge in [-0.3, -0.25) is 14.4 Å². The summed E-state index contributed by atoms with van der Waals surface area (Å²) in [4.78, 5) is 42.7. The monoisotopic (exact) mass is 472 g/mol. The van der Waals surface area contributed by atoms with Gasteiger partial charge in [0, 0.05) is 31.1 Å². The molecule has 2 heterocycles. The molecule has 1 saturated heterocycles. The lowest BCUT2D eigenvalue weighted by molar-refractivity contribution is -0.145. The van der Waals surface area contributed by atoms with Crippen molar-refractivity contribution >= 4 is 29.1 Å². The molecule has 0 spiro atoms. The van der Waals surface area contributed by atoms with Gasteiger partial charge < -0.3 is 19.3 Å². The Labute approximate surface area is 199 Å². The molecule has 1 aliphatic rings. The van der Waals surface area contributed by atoms with E-state index >= 15 is 0 Å². The van der Waals surface area contributed by atoms with Crippen LogP contribution in [-0.4, -0.2) is 67.5 Å². The zero-order valence-electron chi connectivity index (χ0n) is 19.5. The van der Waals surface area contributed by atoms with Gasteiger partial charge in [0.25, 0.3) is 11.8 Å². The fourth-order valence-corrected chi connectivity index (χ4v) is 4.93. The Morgan fingerprint density at radius 2 is 1.82 bits per heavy atom. The fourth-order valence-electron chi connectivity index (χ4n) is 3.85. The number of piperidine rings is 1. The second kappa shape index (κ2) is 11.8. The summed E-state index contributed by atoms with van der Waals surface area (Å²) in [6.07, 6.45) is 3.16. The molecule has 8 heteroatoms. The summed E-state index contributed by atoms with van der Waals surface area (Å²) in [6, 6.07) is 11.6. The number of rotatable bonds is 9. The van der Waals surface area contributed by atoms with E-state index in [-0.39, 0.29) is 30.9 Å². The normalized spacial score (nSPS) is 14.5. The largest absolute Gasteiger partial charge is 0.482 e. The number of thiophene rings is 1. The zero-order chi connectivity index (χ0) is 23.8. The highest BCUT2D eigenvalue weighted by Crippen LogP contribution is 2.37. The maximum atomic E-state index is 13.4. The molecule has 33 heavy (non-hydrogen) atoms. The number of nitrogens with zero attached hydrogens (tertiary/aromatic N) is 2. The summed E-state index contributed by atoms with van der Waals surface area (Å²) >= 11 is 1.34. The Morgan fingerprint density at radius 3 is 2.45 bits per heavy atom. The van der Waals surface area contributed by atoms with Crippen molar-refractivity contribution in [3.63, 3.8) is 0 Å². The van der Waals surface area contributed by atoms with E-state index < -0.39 is 5.92 Å². The highest BCUT2D eigenvalue weighted by atomic mass is 32.1. The number of hydrogen-bond donors (Lipinski definition) is 0. The molecule has 0 radical (unpaired) electrons. The lowest BCUT2D eigenvalue weighted by atomic mass is 10.1. The molecule has 1 atom stereocenters. The molecule has 1 unspecified atom stereocenters. The van der Waals surface area contributed by atoms with E-state index in [1.807, 2.05) is 48.2 Å². The summed E-state index contributed by atoms with van der Waals surface area (Å²) in [6.45, 7) is 5.69. The smallest absolute Gasteiger partial charge is 0.310 e. The average molecular weight is 473 g/mol. The van der Waals surface area contributed by atoms with Crippen LogP contribution in [0.5, 0.6) is 5.75 Å². The Balaban J connectivity index is 1.83. The molecule has 1 aliphatic heterocycles. The van der Waals surface area contributed by atoms with Gasteiger partial charge in [-0.1, -0.05) is 37.3 Å². The first-order chi connectivity index (χ1) is 15.9. The van der Waals surface area contributed by atoms with Gasteiger partial charge in [0.1, 0.15) is 10.6 Å². The van der Waals surface area contributed by atoms with Crippen molar-refractivity contribution in [1.29, 1.82) is 0 Å². The first kappa shape index (κ1) is 24.8. The minimum absolute atomic E-state index is 0.0628. The molecule has 1 aromatic carbocycles. The van der Waals surface area contributed by atoms with Crippen molar-refractivity contribution in [2.75, 3.05) is 39.9 Å². The maximum Gasteiger partial charge on any atom is 0.310 e. The van der Waals surface area contributed by atoms with Gasteiger partial charge in [-0.15, -0.1) is 11.3 Å². The van der Waals surface area contributed by atoms with Crippen molar-refractivity contribution in [3.8, 4) is 16.2 Å². The number of benzene rings is 1. The van der Waals surface area contributed by atoms with Gasteiger partial charge in [-0.2, -0.15) is 0 Å². The average Bonchev–Trinajstić information content (AvgIpc) is 3.30. The molecule has 178 valence electrons. The molecule has 2 amide bonds. The summed E-state index contributed by atoms with van der Waals surface area (Å²) in [5.41, 5.74) is 0.972. The lowest BCUT2D eigenvalue weighted by Crippen LogP contribution is -2.39. The summed E-state index contributed by atoms with van der Waals surface area (Å²) in [7, 11) is 1.34. The molecular weight excluding hydrogens is 440 g/mol. The topological polar surface area (TPSA) is 76.1 Å². The fraction of sp³-hybridized carbons (Fsp3) is 0.480. The van der Waals surface area contributed by atoms with Gasteiger partial charge in [0.2, 0.25) is 0 Å². The van der Waals surface area contributed by atoms with Crippen molar-refractivity contribution in [2.45, 2.75) is 33.1 Å². The van der Waals surface area contributed by atoms with Gasteiger partial charge in [0.15, 0.2) is 6.61 Å². The van der Waals surface area contributed by atoms with E-state index in [2.05, 4.69) is 0 Å². The molecule has 0 saturated carbocycles. The molecule has 0 aliphatic carbocycles. The third kappa shape index (κ3) is 6.35. The molecular formula is C25H32N2O5S. The third-order valence-electron chi connectivity index (χ3n) is 5.78. The van der Waals surface area contributed by atoms with Gasteiger partial charge in [-0.05, 0) is 37.8 Å².